The standard InChI is InChI=1S/C45H34N2S/c1-4-14-34(15-5-1)42-44-43(40-18-9-10-21-41(40)48-44)47-45(46-42)35-28-24-31(25-29-35)30-22-26-33(27-23-30)37-19-11-20-39-36-16-8-7-13-32(36)12-3-2-6-17-38(37)39/h1,4-5,7-11,13-16,18-29H,2-3,6,12,17H2. The minimum absolute atomic E-state index is 0.754. The zero-order valence-electron chi connectivity index (χ0n) is 26.7. The van der Waals surface area contributed by atoms with Crippen LogP contribution in [-0.2, 0) is 12.8 Å². The SMILES string of the molecule is c1ccc(-c2nc(-c3ccc(-c4ccc(-c5cccc6c5CCCCCc5ccccc5-6)cc4)cc3)nc3c2sc2ccccc23)cc1. The van der Waals surface area contributed by atoms with Gasteiger partial charge in [0.15, 0.2) is 5.82 Å². The van der Waals surface area contributed by atoms with Gasteiger partial charge < -0.3 is 0 Å². The maximum absolute atomic E-state index is 5.15. The Balaban J connectivity index is 1.06. The highest BCUT2D eigenvalue weighted by Gasteiger charge is 2.18. The smallest absolute Gasteiger partial charge is 0.160 e. The summed E-state index contributed by atoms with van der Waals surface area (Å²) >= 11 is 1.77. The van der Waals surface area contributed by atoms with Crippen LogP contribution in [0.1, 0.15) is 30.4 Å². The number of thiophene rings is 1. The van der Waals surface area contributed by atoms with Crippen LogP contribution in [0, 0.1) is 0 Å². The van der Waals surface area contributed by atoms with Crippen molar-refractivity contribution in [2.75, 3.05) is 0 Å². The molecule has 0 amide bonds. The molecule has 0 spiro atoms. The summed E-state index contributed by atoms with van der Waals surface area (Å²) in [4.78, 5) is 10.3. The third-order valence-corrected chi connectivity index (χ3v) is 11.0. The first-order chi connectivity index (χ1) is 23.8. The van der Waals surface area contributed by atoms with Crippen molar-refractivity contribution >= 4 is 31.6 Å². The lowest BCUT2D eigenvalue weighted by Gasteiger charge is -2.17. The van der Waals surface area contributed by atoms with Gasteiger partial charge in [-0.15, -0.1) is 11.3 Å². The van der Waals surface area contributed by atoms with E-state index in [0.717, 1.165) is 45.7 Å². The van der Waals surface area contributed by atoms with Gasteiger partial charge in [0.2, 0.25) is 0 Å². The third kappa shape index (κ3) is 5.21. The fourth-order valence-electron chi connectivity index (χ4n) is 7.34. The van der Waals surface area contributed by atoms with Gasteiger partial charge in [-0.05, 0) is 76.3 Å². The number of hydrogen-bond acceptors (Lipinski definition) is 3. The minimum atomic E-state index is 0.754. The van der Waals surface area contributed by atoms with Gasteiger partial charge in [0, 0.05) is 21.2 Å². The lowest BCUT2D eigenvalue weighted by Crippen LogP contribution is -1.96. The first-order valence-corrected chi connectivity index (χ1v) is 17.8. The van der Waals surface area contributed by atoms with E-state index < -0.39 is 0 Å². The monoisotopic (exact) mass is 634 g/mol. The molecule has 3 heteroatoms. The summed E-state index contributed by atoms with van der Waals surface area (Å²) in [6.07, 6.45) is 6.03. The van der Waals surface area contributed by atoms with Crippen molar-refractivity contribution < 1.29 is 0 Å². The van der Waals surface area contributed by atoms with Crippen molar-refractivity contribution in [3.05, 3.63) is 157 Å². The van der Waals surface area contributed by atoms with E-state index in [1.807, 2.05) is 0 Å². The Bertz CT molecular complexity index is 2400. The molecule has 1 aliphatic carbocycles. The number of benzene rings is 6. The van der Waals surface area contributed by atoms with Crippen molar-refractivity contribution in [2.45, 2.75) is 32.1 Å². The van der Waals surface area contributed by atoms with Crippen molar-refractivity contribution in [3.63, 3.8) is 0 Å². The maximum atomic E-state index is 5.15. The molecule has 0 N–H and O–H groups in total. The molecular weight excluding hydrogens is 601 g/mol. The molecule has 0 unspecified atom stereocenters. The number of aryl methyl sites for hydroxylation is 1. The van der Waals surface area contributed by atoms with E-state index in [2.05, 4.69) is 146 Å². The molecule has 9 rings (SSSR count). The van der Waals surface area contributed by atoms with Gasteiger partial charge in [-0.2, -0.15) is 0 Å². The molecule has 0 saturated carbocycles. The maximum Gasteiger partial charge on any atom is 0.160 e. The summed E-state index contributed by atoms with van der Waals surface area (Å²) in [5, 5.41) is 1.18. The van der Waals surface area contributed by atoms with Gasteiger partial charge in [-0.3, -0.25) is 0 Å². The fraction of sp³-hybridized carbons (Fsp3) is 0.111. The second-order valence-corrected chi connectivity index (χ2v) is 13.8. The normalized spacial score (nSPS) is 13.0. The van der Waals surface area contributed by atoms with E-state index in [0.29, 0.717) is 0 Å². The average molecular weight is 635 g/mol. The predicted octanol–water partition coefficient (Wildman–Crippen LogP) is 12.4. The molecule has 8 aromatic rings. The molecule has 0 atom stereocenters. The fourth-order valence-corrected chi connectivity index (χ4v) is 8.49. The molecule has 230 valence electrons. The zero-order valence-corrected chi connectivity index (χ0v) is 27.5. The van der Waals surface area contributed by atoms with Crippen LogP contribution in [-0.4, -0.2) is 9.97 Å². The number of rotatable bonds is 4. The number of fused-ring (bicyclic) bond motifs is 6. The van der Waals surface area contributed by atoms with Crippen molar-refractivity contribution in [1.82, 2.24) is 9.97 Å². The Hall–Kier alpha value is -5.38. The molecular formula is C45H34N2S. The Kier molecular flexibility index (Phi) is 7.40. The molecule has 48 heavy (non-hydrogen) atoms. The molecule has 0 fully saturated rings. The van der Waals surface area contributed by atoms with Crippen LogP contribution in [0.3, 0.4) is 0 Å². The molecule has 0 bridgehead atoms. The first kappa shape index (κ1) is 28.8. The van der Waals surface area contributed by atoms with Crippen LogP contribution in [0.15, 0.2) is 146 Å². The van der Waals surface area contributed by atoms with Crippen LogP contribution in [0.4, 0.5) is 0 Å². The summed E-state index contributed by atoms with van der Waals surface area (Å²) in [5.74, 6) is 0.754. The Morgan fingerprint density at radius 3 is 1.92 bits per heavy atom. The molecule has 2 aromatic heterocycles. The zero-order chi connectivity index (χ0) is 31.9. The van der Waals surface area contributed by atoms with E-state index in [4.69, 9.17) is 9.97 Å². The van der Waals surface area contributed by atoms with E-state index in [9.17, 15) is 0 Å². The summed E-state index contributed by atoms with van der Waals surface area (Å²) in [6.45, 7) is 0. The summed E-state index contributed by atoms with van der Waals surface area (Å²) in [6, 6.07) is 52.7. The van der Waals surface area contributed by atoms with Crippen molar-refractivity contribution in [2.24, 2.45) is 0 Å². The third-order valence-electron chi connectivity index (χ3n) is 9.80. The predicted molar refractivity (Wildman–Crippen MR) is 203 cm³/mol. The molecule has 1 aliphatic rings. The average Bonchev–Trinajstić information content (AvgIpc) is 3.57. The highest BCUT2D eigenvalue weighted by molar-refractivity contribution is 7.26. The quantitative estimate of drug-likeness (QED) is 0.192. The summed E-state index contributed by atoms with van der Waals surface area (Å²) in [7, 11) is 0. The second-order valence-electron chi connectivity index (χ2n) is 12.7. The van der Waals surface area contributed by atoms with E-state index in [-0.39, 0.29) is 0 Å². The van der Waals surface area contributed by atoms with Crippen LogP contribution < -0.4 is 0 Å². The van der Waals surface area contributed by atoms with Crippen LogP contribution >= 0.6 is 11.3 Å². The minimum Gasteiger partial charge on any atom is -0.226 e. The van der Waals surface area contributed by atoms with Gasteiger partial charge >= 0.3 is 0 Å². The highest BCUT2D eigenvalue weighted by Crippen LogP contribution is 2.40. The molecule has 2 heterocycles. The van der Waals surface area contributed by atoms with Crippen molar-refractivity contribution in [1.29, 1.82) is 0 Å². The first-order valence-electron chi connectivity index (χ1n) is 17.0. The van der Waals surface area contributed by atoms with Crippen LogP contribution in [0.25, 0.3) is 76.3 Å². The lowest BCUT2D eigenvalue weighted by molar-refractivity contribution is 0.684. The van der Waals surface area contributed by atoms with Crippen LogP contribution in [0.5, 0.6) is 0 Å². The molecule has 0 aliphatic heterocycles. The summed E-state index contributed by atoms with van der Waals surface area (Å²) in [5.41, 5.74) is 14.9. The molecule has 0 saturated heterocycles. The van der Waals surface area contributed by atoms with Crippen molar-refractivity contribution in [3.8, 4) is 56.0 Å². The van der Waals surface area contributed by atoms with E-state index in [1.54, 1.807) is 11.3 Å². The second kappa shape index (κ2) is 12.3. The largest absolute Gasteiger partial charge is 0.226 e. The van der Waals surface area contributed by atoms with E-state index in [1.165, 1.54) is 73.9 Å². The summed E-state index contributed by atoms with van der Waals surface area (Å²) < 4.78 is 2.37. The Labute approximate surface area is 285 Å². The Morgan fingerprint density at radius 2 is 1.08 bits per heavy atom. The van der Waals surface area contributed by atoms with Gasteiger partial charge in [0.05, 0.1) is 15.9 Å². The number of aromatic nitrogens is 2. The number of nitrogens with zero attached hydrogens (tertiary/aromatic N) is 2. The molecule has 0 radical (unpaired) electrons. The molecule has 2 nitrogen and oxygen atoms in total. The highest BCUT2D eigenvalue weighted by atomic mass is 32.1. The number of hydrogen-bond donors (Lipinski definition) is 0. The molecule has 6 aromatic carbocycles. The van der Waals surface area contributed by atoms with Gasteiger partial charge in [0.1, 0.15) is 0 Å². The Morgan fingerprint density at radius 1 is 0.438 bits per heavy atom. The van der Waals surface area contributed by atoms with Gasteiger partial charge in [-0.1, -0.05) is 146 Å². The van der Waals surface area contributed by atoms with Crippen LogP contribution in [0.2, 0.25) is 0 Å². The topological polar surface area (TPSA) is 25.8 Å². The lowest BCUT2D eigenvalue weighted by atomic mass is 9.87. The van der Waals surface area contributed by atoms with E-state index >= 15 is 0 Å². The van der Waals surface area contributed by atoms with Gasteiger partial charge in [-0.25, -0.2) is 9.97 Å². The van der Waals surface area contributed by atoms with Gasteiger partial charge in [0.25, 0.3) is 0 Å².